The van der Waals surface area contributed by atoms with Crippen molar-refractivity contribution in [1.29, 1.82) is 0 Å². The number of fused-ring (bicyclic) bond motifs is 1. The van der Waals surface area contributed by atoms with Crippen LogP contribution in [0, 0.1) is 0 Å². The highest BCUT2D eigenvalue weighted by atomic mass is 19.4. The lowest BCUT2D eigenvalue weighted by molar-refractivity contribution is -0.137. The number of hydrogen-bond acceptors (Lipinski definition) is 3. The summed E-state index contributed by atoms with van der Waals surface area (Å²) in [5.74, 6) is -1.21. The SMILES string of the molecule is C=CCN(C)C(=O)c1ccc(CN2C(=O)CN(C(=O)/C(C=C)=C/C=C(C)C)Cc3ccc(C(F)(F)F)cc32)cc1. The second-order valence-electron chi connectivity index (χ2n) is 9.72. The van der Waals surface area contributed by atoms with Crippen molar-refractivity contribution >= 4 is 23.4 Å². The van der Waals surface area contributed by atoms with Crippen LogP contribution in [0.1, 0.15) is 40.9 Å². The summed E-state index contributed by atoms with van der Waals surface area (Å²) in [7, 11) is 1.64. The monoisotopic (exact) mass is 551 g/mol. The zero-order valence-corrected chi connectivity index (χ0v) is 22.8. The summed E-state index contributed by atoms with van der Waals surface area (Å²) < 4.78 is 40.9. The molecular weight excluding hydrogens is 519 g/mol. The first-order valence-electron chi connectivity index (χ1n) is 12.6. The molecule has 0 saturated heterocycles. The van der Waals surface area contributed by atoms with E-state index < -0.39 is 23.6 Å². The average molecular weight is 552 g/mol. The number of allylic oxidation sites excluding steroid dienone is 3. The van der Waals surface area contributed by atoms with E-state index in [0.717, 1.165) is 17.7 Å². The van der Waals surface area contributed by atoms with Crippen molar-refractivity contribution in [3.05, 3.63) is 113 Å². The van der Waals surface area contributed by atoms with E-state index in [4.69, 9.17) is 0 Å². The normalized spacial score (nSPS) is 13.8. The third kappa shape index (κ3) is 7.16. The van der Waals surface area contributed by atoms with E-state index in [2.05, 4.69) is 13.2 Å². The van der Waals surface area contributed by atoms with Crippen molar-refractivity contribution in [2.45, 2.75) is 33.1 Å². The van der Waals surface area contributed by atoms with Gasteiger partial charge < -0.3 is 14.7 Å². The van der Waals surface area contributed by atoms with Gasteiger partial charge in [0.2, 0.25) is 5.91 Å². The van der Waals surface area contributed by atoms with Gasteiger partial charge in [0, 0.05) is 37.0 Å². The highest BCUT2D eigenvalue weighted by molar-refractivity contribution is 6.03. The Kier molecular flexibility index (Phi) is 9.52. The first-order valence-corrected chi connectivity index (χ1v) is 12.6. The number of nitrogens with zero attached hydrogens (tertiary/aromatic N) is 3. The number of hydrogen-bond donors (Lipinski definition) is 0. The minimum Gasteiger partial charge on any atom is -0.338 e. The van der Waals surface area contributed by atoms with Crippen molar-refractivity contribution in [3.8, 4) is 0 Å². The molecule has 1 heterocycles. The predicted molar refractivity (Wildman–Crippen MR) is 149 cm³/mol. The molecule has 1 aliphatic rings. The van der Waals surface area contributed by atoms with E-state index in [0.29, 0.717) is 23.2 Å². The van der Waals surface area contributed by atoms with Crippen LogP contribution >= 0.6 is 0 Å². The van der Waals surface area contributed by atoms with E-state index in [1.807, 2.05) is 13.8 Å². The number of anilines is 1. The molecule has 0 saturated carbocycles. The van der Waals surface area contributed by atoms with Gasteiger partial charge in [0.25, 0.3) is 11.8 Å². The molecule has 0 aromatic heterocycles. The maximum Gasteiger partial charge on any atom is 0.416 e. The molecule has 2 aromatic rings. The lowest BCUT2D eigenvalue weighted by Gasteiger charge is -2.24. The lowest BCUT2D eigenvalue weighted by atomic mass is 10.1. The Morgan fingerprint density at radius 1 is 1.02 bits per heavy atom. The molecule has 0 aliphatic carbocycles. The standard InChI is InChI=1S/C31H32F3N3O3/c1-6-16-35(5)29(39)24-12-9-22(10-13-24)18-37-27-17-26(31(32,33)34)15-14-25(27)19-36(20-28(37)38)30(40)23(7-2)11-8-21(3)4/h6-15,17H,1-2,16,18-20H2,3-5H3/b23-11+. The predicted octanol–water partition coefficient (Wildman–Crippen LogP) is 5.92. The molecule has 0 spiro atoms. The fourth-order valence-electron chi connectivity index (χ4n) is 4.18. The van der Waals surface area contributed by atoms with Crippen molar-refractivity contribution < 1.29 is 27.6 Å². The molecule has 0 unspecified atom stereocenters. The molecule has 0 atom stereocenters. The number of amides is 3. The van der Waals surface area contributed by atoms with E-state index in [1.54, 1.807) is 49.5 Å². The quantitative estimate of drug-likeness (QED) is 0.233. The second-order valence-corrected chi connectivity index (χ2v) is 9.72. The van der Waals surface area contributed by atoms with Crippen LogP contribution in [-0.2, 0) is 28.9 Å². The fourth-order valence-corrected chi connectivity index (χ4v) is 4.18. The van der Waals surface area contributed by atoms with Gasteiger partial charge in [-0.05, 0) is 55.3 Å². The maximum absolute atomic E-state index is 13.6. The molecule has 210 valence electrons. The number of benzene rings is 2. The molecule has 3 rings (SSSR count). The Bertz CT molecular complexity index is 1370. The van der Waals surface area contributed by atoms with Gasteiger partial charge in [-0.3, -0.25) is 14.4 Å². The summed E-state index contributed by atoms with van der Waals surface area (Å²) >= 11 is 0. The van der Waals surface area contributed by atoms with Crippen LogP contribution in [-0.4, -0.2) is 47.7 Å². The lowest BCUT2D eigenvalue weighted by Crippen LogP contribution is -2.40. The molecule has 3 amide bonds. The van der Waals surface area contributed by atoms with Crippen LogP contribution < -0.4 is 4.90 Å². The third-order valence-corrected chi connectivity index (χ3v) is 6.33. The molecule has 0 bridgehead atoms. The summed E-state index contributed by atoms with van der Waals surface area (Å²) in [6.07, 6.45) is 1.72. The van der Waals surface area contributed by atoms with Gasteiger partial charge in [-0.1, -0.05) is 48.6 Å². The van der Waals surface area contributed by atoms with Crippen molar-refractivity contribution in [2.75, 3.05) is 25.0 Å². The number of rotatable bonds is 8. The highest BCUT2D eigenvalue weighted by Crippen LogP contribution is 2.36. The van der Waals surface area contributed by atoms with Crippen LogP contribution in [0.25, 0.3) is 0 Å². The first kappa shape index (κ1) is 30.1. The molecule has 2 aromatic carbocycles. The minimum absolute atomic E-state index is 0.0476. The highest BCUT2D eigenvalue weighted by Gasteiger charge is 2.35. The number of carbonyl (C=O) groups is 3. The summed E-state index contributed by atoms with van der Waals surface area (Å²) in [5.41, 5.74) is 1.82. The molecule has 9 heteroatoms. The molecular formula is C31H32F3N3O3. The van der Waals surface area contributed by atoms with Crippen LogP contribution in [0.2, 0.25) is 0 Å². The summed E-state index contributed by atoms with van der Waals surface area (Å²) in [5, 5.41) is 0. The van der Waals surface area contributed by atoms with Gasteiger partial charge in [0.15, 0.2) is 0 Å². The van der Waals surface area contributed by atoms with E-state index >= 15 is 0 Å². The van der Waals surface area contributed by atoms with Crippen LogP contribution in [0.5, 0.6) is 0 Å². The molecule has 1 aliphatic heterocycles. The van der Waals surface area contributed by atoms with Crippen molar-refractivity contribution in [1.82, 2.24) is 9.80 Å². The zero-order chi connectivity index (χ0) is 29.6. The van der Waals surface area contributed by atoms with Gasteiger partial charge in [-0.25, -0.2) is 0 Å². The molecule has 6 nitrogen and oxygen atoms in total. The molecule has 40 heavy (non-hydrogen) atoms. The molecule has 0 N–H and O–H groups in total. The maximum atomic E-state index is 13.6. The van der Waals surface area contributed by atoms with Gasteiger partial charge in [0.1, 0.15) is 6.54 Å². The Morgan fingerprint density at radius 3 is 2.27 bits per heavy atom. The van der Waals surface area contributed by atoms with Gasteiger partial charge in [-0.15, -0.1) is 6.58 Å². The average Bonchev–Trinajstić information content (AvgIpc) is 3.04. The molecule has 0 fully saturated rings. The van der Waals surface area contributed by atoms with Crippen molar-refractivity contribution in [3.63, 3.8) is 0 Å². The zero-order valence-electron chi connectivity index (χ0n) is 22.8. The summed E-state index contributed by atoms with van der Waals surface area (Å²) in [4.78, 5) is 43.4. The van der Waals surface area contributed by atoms with E-state index in [-0.39, 0.29) is 36.8 Å². The Morgan fingerprint density at radius 2 is 1.70 bits per heavy atom. The largest absolute Gasteiger partial charge is 0.416 e. The topological polar surface area (TPSA) is 60.9 Å². The van der Waals surface area contributed by atoms with Crippen LogP contribution in [0.15, 0.2) is 91.1 Å². The van der Waals surface area contributed by atoms with Crippen molar-refractivity contribution in [2.24, 2.45) is 0 Å². The third-order valence-electron chi connectivity index (χ3n) is 6.33. The second kappa shape index (κ2) is 12.6. The number of alkyl halides is 3. The van der Waals surface area contributed by atoms with Gasteiger partial charge >= 0.3 is 6.18 Å². The first-order chi connectivity index (χ1) is 18.8. The smallest absolute Gasteiger partial charge is 0.338 e. The number of carbonyl (C=O) groups excluding carboxylic acids is 3. The van der Waals surface area contributed by atoms with E-state index in [1.165, 1.54) is 26.8 Å². The molecule has 0 radical (unpaired) electrons. The van der Waals surface area contributed by atoms with Crippen LogP contribution in [0.4, 0.5) is 18.9 Å². The Balaban J connectivity index is 1.99. The summed E-state index contributed by atoms with van der Waals surface area (Å²) in [6, 6.07) is 9.71. The Hall–Kier alpha value is -4.40. The van der Waals surface area contributed by atoms with Gasteiger partial charge in [0.05, 0.1) is 12.1 Å². The van der Waals surface area contributed by atoms with E-state index in [9.17, 15) is 27.6 Å². The fraction of sp³-hybridized carbons (Fsp3) is 0.258. The van der Waals surface area contributed by atoms with Crippen LogP contribution in [0.3, 0.4) is 0 Å². The number of halogens is 3. The minimum atomic E-state index is -4.62. The Labute approximate surface area is 232 Å². The summed E-state index contributed by atoms with van der Waals surface area (Å²) in [6.45, 7) is 11.0. The number of likely N-dealkylation sites (N-methyl/N-ethyl adjacent to an activating group) is 1. The van der Waals surface area contributed by atoms with Gasteiger partial charge in [-0.2, -0.15) is 13.2 Å².